The molecule has 1 fully saturated rings. The lowest BCUT2D eigenvalue weighted by Gasteiger charge is -2.37. The molecule has 2 atom stereocenters. The second-order valence-corrected chi connectivity index (χ2v) is 4.25. The van der Waals surface area contributed by atoms with Crippen molar-refractivity contribution >= 4 is 17.8 Å². The number of allylic oxidation sites excluding steroid dienone is 1. The van der Waals surface area contributed by atoms with E-state index in [1.165, 1.54) is 20.0 Å². The summed E-state index contributed by atoms with van der Waals surface area (Å²) in [5.41, 5.74) is -1.43. The molecule has 0 radical (unpaired) electrons. The van der Waals surface area contributed by atoms with Crippen molar-refractivity contribution in [3.8, 4) is 0 Å². The van der Waals surface area contributed by atoms with E-state index in [1.54, 1.807) is 0 Å². The Hall–Kier alpha value is -1.69. The Morgan fingerprint density at radius 1 is 1.53 bits per heavy atom. The highest BCUT2D eigenvalue weighted by molar-refractivity contribution is 6.19. The minimum atomic E-state index is -1.43. The van der Waals surface area contributed by atoms with Gasteiger partial charge in [-0.2, -0.15) is 0 Å². The molecule has 94 valence electrons. The van der Waals surface area contributed by atoms with E-state index in [0.29, 0.717) is 0 Å². The van der Waals surface area contributed by atoms with Gasteiger partial charge in [-0.1, -0.05) is 6.08 Å². The van der Waals surface area contributed by atoms with E-state index >= 15 is 0 Å². The third-order valence-corrected chi connectivity index (χ3v) is 2.81. The van der Waals surface area contributed by atoms with E-state index in [4.69, 9.17) is 0 Å². The van der Waals surface area contributed by atoms with Gasteiger partial charge in [-0.05, 0) is 19.8 Å². The molecular formula is C11H16N2O4. The lowest BCUT2D eigenvalue weighted by molar-refractivity contribution is -0.152. The van der Waals surface area contributed by atoms with Gasteiger partial charge in [0.25, 0.3) is 0 Å². The zero-order chi connectivity index (χ0) is 13.2. The summed E-state index contributed by atoms with van der Waals surface area (Å²) in [5.74, 6) is -1.28. The number of nitrogens with zero attached hydrogens (tertiary/aromatic N) is 1. The topological polar surface area (TPSA) is 86.7 Å². The van der Waals surface area contributed by atoms with Crippen LogP contribution in [0.15, 0.2) is 12.7 Å². The van der Waals surface area contributed by atoms with E-state index in [2.05, 4.69) is 11.9 Å². The van der Waals surface area contributed by atoms with Crippen LogP contribution in [0.3, 0.4) is 0 Å². The van der Waals surface area contributed by atoms with E-state index in [0.717, 1.165) is 4.90 Å². The summed E-state index contributed by atoms with van der Waals surface area (Å²) in [5, 5.41) is 11.5. The molecule has 0 bridgehead atoms. The number of carbonyl (C=O) groups excluding carboxylic acids is 3. The number of rotatable bonds is 4. The van der Waals surface area contributed by atoms with Crippen LogP contribution in [0.1, 0.15) is 19.8 Å². The van der Waals surface area contributed by atoms with Crippen molar-refractivity contribution in [2.45, 2.75) is 25.9 Å². The number of carbonyl (C=O) groups is 3. The van der Waals surface area contributed by atoms with Crippen molar-refractivity contribution in [2.75, 3.05) is 7.05 Å². The predicted molar refractivity (Wildman–Crippen MR) is 59.9 cm³/mol. The lowest BCUT2D eigenvalue weighted by atomic mass is 9.76. The average Bonchev–Trinajstić information content (AvgIpc) is 2.23. The van der Waals surface area contributed by atoms with Gasteiger partial charge in [0.1, 0.15) is 5.41 Å². The molecule has 0 aromatic carbocycles. The third-order valence-electron chi connectivity index (χ3n) is 2.81. The molecular weight excluding hydrogens is 224 g/mol. The van der Waals surface area contributed by atoms with Crippen LogP contribution in [0.4, 0.5) is 4.79 Å². The standard InChI is InChI=1S/C11H16N2O4/c1-4-5-11(6-7(2)14)8(15)12-10(17)13(3)9(11)16/h4,7,14H,1,5-6H2,2-3H3,(H,12,15,17). The average molecular weight is 240 g/mol. The first-order chi connectivity index (χ1) is 7.85. The minimum absolute atomic E-state index is 0.0404. The van der Waals surface area contributed by atoms with Crippen LogP contribution in [0.2, 0.25) is 0 Å². The summed E-state index contributed by atoms with van der Waals surface area (Å²) in [6.45, 7) is 4.99. The highest BCUT2D eigenvalue weighted by atomic mass is 16.3. The smallest absolute Gasteiger partial charge is 0.330 e. The van der Waals surface area contributed by atoms with Gasteiger partial charge in [0.05, 0.1) is 6.10 Å². The maximum Gasteiger partial charge on any atom is 0.330 e. The SMILES string of the molecule is C=CCC1(CC(C)O)C(=O)NC(=O)N(C)C1=O. The van der Waals surface area contributed by atoms with Crippen LogP contribution in [0, 0.1) is 5.41 Å². The fourth-order valence-electron chi connectivity index (χ4n) is 2.01. The third kappa shape index (κ3) is 2.21. The number of amides is 4. The molecule has 0 saturated carbocycles. The Morgan fingerprint density at radius 2 is 2.12 bits per heavy atom. The molecule has 2 N–H and O–H groups in total. The first-order valence-electron chi connectivity index (χ1n) is 5.27. The van der Waals surface area contributed by atoms with E-state index in [9.17, 15) is 19.5 Å². The number of barbiturate groups is 1. The second-order valence-electron chi connectivity index (χ2n) is 4.25. The molecule has 2 unspecified atom stereocenters. The molecule has 1 saturated heterocycles. The fourth-order valence-corrected chi connectivity index (χ4v) is 2.01. The molecule has 1 aliphatic heterocycles. The summed E-state index contributed by atoms with van der Waals surface area (Å²) in [6.07, 6.45) is 0.650. The summed E-state index contributed by atoms with van der Waals surface area (Å²) >= 11 is 0. The van der Waals surface area contributed by atoms with Crippen LogP contribution in [-0.2, 0) is 9.59 Å². The zero-order valence-corrected chi connectivity index (χ0v) is 9.90. The minimum Gasteiger partial charge on any atom is -0.393 e. The highest BCUT2D eigenvalue weighted by Crippen LogP contribution is 2.33. The largest absolute Gasteiger partial charge is 0.393 e. The number of urea groups is 1. The molecule has 1 aliphatic rings. The molecule has 1 heterocycles. The lowest BCUT2D eigenvalue weighted by Crippen LogP contribution is -2.63. The van der Waals surface area contributed by atoms with Gasteiger partial charge in [-0.15, -0.1) is 6.58 Å². The van der Waals surface area contributed by atoms with E-state index < -0.39 is 29.4 Å². The summed E-state index contributed by atoms with van der Waals surface area (Å²) in [7, 11) is 1.30. The van der Waals surface area contributed by atoms with Crippen LogP contribution in [0.25, 0.3) is 0 Å². The van der Waals surface area contributed by atoms with Crippen LogP contribution in [-0.4, -0.2) is 41.0 Å². The molecule has 6 nitrogen and oxygen atoms in total. The van der Waals surface area contributed by atoms with E-state index in [1.807, 2.05) is 0 Å². The van der Waals surface area contributed by atoms with Crippen molar-refractivity contribution in [1.29, 1.82) is 0 Å². The fraction of sp³-hybridized carbons (Fsp3) is 0.545. The van der Waals surface area contributed by atoms with Gasteiger partial charge in [-0.3, -0.25) is 19.8 Å². The number of aliphatic hydroxyl groups is 1. The van der Waals surface area contributed by atoms with Crippen LogP contribution < -0.4 is 5.32 Å². The van der Waals surface area contributed by atoms with Crippen molar-refractivity contribution in [1.82, 2.24) is 10.2 Å². The van der Waals surface area contributed by atoms with E-state index in [-0.39, 0.29) is 12.8 Å². The second kappa shape index (κ2) is 4.67. The molecule has 0 spiro atoms. The molecule has 0 aliphatic carbocycles. The summed E-state index contributed by atoms with van der Waals surface area (Å²) < 4.78 is 0. The summed E-state index contributed by atoms with van der Waals surface area (Å²) in [4.78, 5) is 36.1. The van der Waals surface area contributed by atoms with Crippen LogP contribution in [0.5, 0.6) is 0 Å². The van der Waals surface area contributed by atoms with Crippen LogP contribution >= 0.6 is 0 Å². The quantitative estimate of drug-likeness (QED) is 0.536. The molecule has 6 heteroatoms. The number of hydrogen-bond donors (Lipinski definition) is 2. The molecule has 0 aromatic heterocycles. The first-order valence-corrected chi connectivity index (χ1v) is 5.27. The van der Waals surface area contributed by atoms with Crippen molar-refractivity contribution < 1.29 is 19.5 Å². The van der Waals surface area contributed by atoms with Gasteiger partial charge >= 0.3 is 6.03 Å². The monoisotopic (exact) mass is 240 g/mol. The highest BCUT2D eigenvalue weighted by Gasteiger charge is 2.52. The maximum atomic E-state index is 12.1. The van der Waals surface area contributed by atoms with Crippen molar-refractivity contribution in [3.05, 3.63) is 12.7 Å². The van der Waals surface area contributed by atoms with Gasteiger partial charge in [0, 0.05) is 7.05 Å². The Kier molecular flexibility index (Phi) is 3.67. The number of aliphatic hydroxyl groups excluding tert-OH is 1. The molecule has 4 amide bonds. The Morgan fingerprint density at radius 3 is 2.59 bits per heavy atom. The maximum absolute atomic E-state index is 12.1. The molecule has 17 heavy (non-hydrogen) atoms. The van der Waals surface area contributed by atoms with Gasteiger partial charge < -0.3 is 5.11 Å². The Bertz CT molecular complexity index is 378. The number of hydrogen-bond acceptors (Lipinski definition) is 4. The zero-order valence-electron chi connectivity index (χ0n) is 9.90. The molecule has 0 aromatic rings. The Balaban J connectivity index is 3.16. The number of nitrogens with one attached hydrogen (secondary N) is 1. The first kappa shape index (κ1) is 13.4. The molecule has 1 rings (SSSR count). The van der Waals surface area contributed by atoms with Gasteiger partial charge in [0.2, 0.25) is 11.8 Å². The van der Waals surface area contributed by atoms with Gasteiger partial charge in [-0.25, -0.2) is 4.79 Å². The van der Waals surface area contributed by atoms with Crippen molar-refractivity contribution in [3.63, 3.8) is 0 Å². The normalized spacial score (nSPS) is 26.8. The Labute approximate surface area is 99.3 Å². The number of imide groups is 2. The summed E-state index contributed by atoms with van der Waals surface area (Å²) in [6, 6.07) is -0.745. The van der Waals surface area contributed by atoms with Crippen molar-refractivity contribution in [2.24, 2.45) is 5.41 Å². The van der Waals surface area contributed by atoms with Gasteiger partial charge in [0.15, 0.2) is 0 Å². The predicted octanol–water partition coefficient (Wildman–Crippen LogP) is 0.0280.